The first kappa shape index (κ1) is 28.1. The van der Waals surface area contributed by atoms with Gasteiger partial charge in [0.05, 0.1) is 47.4 Å². The van der Waals surface area contributed by atoms with Gasteiger partial charge in [-0.15, -0.1) is 0 Å². The topological polar surface area (TPSA) is 87.9 Å². The number of carbonyl (C=O) groups excluding carboxylic acids is 1. The van der Waals surface area contributed by atoms with Gasteiger partial charge in [0.2, 0.25) is 0 Å². The highest BCUT2D eigenvalue weighted by molar-refractivity contribution is 6.35. The number of halogens is 3. The van der Waals surface area contributed by atoms with Gasteiger partial charge in [-0.25, -0.2) is 14.2 Å². The third kappa shape index (κ3) is 4.53. The fraction of sp³-hybridized carbons (Fsp3) is 0.406. The van der Waals surface area contributed by atoms with E-state index in [4.69, 9.17) is 47.1 Å². The van der Waals surface area contributed by atoms with Crippen LogP contribution < -0.4 is 9.47 Å². The Hall–Kier alpha value is -3.44. The van der Waals surface area contributed by atoms with E-state index in [2.05, 4.69) is 14.5 Å². The fourth-order valence-corrected chi connectivity index (χ4v) is 7.39. The van der Waals surface area contributed by atoms with Crippen LogP contribution in [0.1, 0.15) is 46.7 Å². The molecule has 12 heteroatoms. The van der Waals surface area contributed by atoms with Gasteiger partial charge >= 0.3 is 5.97 Å². The van der Waals surface area contributed by atoms with E-state index in [1.807, 2.05) is 0 Å². The number of piperidine rings is 1. The number of imidazole rings is 1. The van der Waals surface area contributed by atoms with E-state index < -0.39 is 11.8 Å². The molecule has 0 spiro atoms. The van der Waals surface area contributed by atoms with Crippen LogP contribution >= 0.6 is 23.2 Å². The number of fused-ring (bicyclic) bond motifs is 3. The van der Waals surface area contributed by atoms with Crippen molar-refractivity contribution < 1.29 is 28.1 Å². The Labute approximate surface area is 262 Å². The van der Waals surface area contributed by atoms with Crippen molar-refractivity contribution in [3.05, 3.63) is 81.1 Å². The lowest BCUT2D eigenvalue weighted by molar-refractivity contribution is -0.0721. The lowest BCUT2D eigenvalue weighted by atomic mass is 10.0. The SMILES string of the molecule is COC(=O)c1cc(Cl)c2nc(CN3C[C@@H]4C(c5c(F)ccc6c5OC(C)(c5ccc(Cl)cn5)O6)[C@@H]4C3)n(C[C@@H]3CCO3)c2c1. The van der Waals surface area contributed by atoms with Crippen LogP contribution in [-0.2, 0) is 28.4 Å². The lowest BCUT2D eigenvalue weighted by Crippen LogP contribution is -2.33. The summed E-state index contributed by atoms with van der Waals surface area (Å²) in [5.74, 6) is 0.494. The molecule has 3 aliphatic heterocycles. The average Bonchev–Trinajstić information content (AvgIpc) is 3.28. The maximum absolute atomic E-state index is 15.4. The fourth-order valence-electron chi connectivity index (χ4n) is 7.02. The van der Waals surface area contributed by atoms with Gasteiger partial charge in [0, 0.05) is 38.4 Å². The summed E-state index contributed by atoms with van der Waals surface area (Å²) in [6.45, 7) is 5.32. The zero-order valence-corrected chi connectivity index (χ0v) is 25.6. The van der Waals surface area contributed by atoms with Crippen LogP contribution in [-0.4, -0.2) is 58.3 Å². The van der Waals surface area contributed by atoms with Gasteiger partial charge in [0.1, 0.15) is 22.9 Å². The number of ether oxygens (including phenoxy) is 4. The zero-order valence-electron chi connectivity index (χ0n) is 24.1. The Morgan fingerprint density at radius 3 is 2.64 bits per heavy atom. The van der Waals surface area contributed by atoms with E-state index in [1.54, 1.807) is 43.5 Å². The number of esters is 1. The van der Waals surface area contributed by atoms with Crippen molar-refractivity contribution in [3.63, 3.8) is 0 Å². The Kier molecular flexibility index (Phi) is 6.57. The van der Waals surface area contributed by atoms with Crippen molar-refractivity contribution in [2.24, 2.45) is 11.8 Å². The van der Waals surface area contributed by atoms with E-state index in [9.17, 15) is 4.79 Å². The highest BCUT2D eigenvalue weighted by Gasteiger charge is 2.59. The minimum atomic E-state index is -1.18. The first-order valence-corrected chi connectivity index (χ1v) is 15.4. The first-order chi connectivity index (χ1) is 21.2. The predicted octanol–water partition coefficient (Wildman–Crippen LogP) is 5.94. The summed E-state index contributed by atoms with van der Waals surface area (Å²) >= 11 is 12.6. The summed E-state index contributed by atoms with van der Waals surface area (Å²) in [4.78, 5) is 23.9. The second kappa shape index (κ2) is 10.3. The summed E-state index contributed by atoms with van der Waals surface area (Å²) in [7, 11) is 1.35. The third-order valence-corrected chi connectivity index (χ3v) is 9.87. The molecule has 2 saturated heterocycles. The molecule has 0 bridgehead atoms. The number of nitrogens with zero attached hydrogens (tertiary/aromatic N) is 4. The van der Waals surface area contributed by atoms with Gasteiger partial charge in [-0.3, -0.25) is 9.88 Å². The van der Waals surface area contributed by atoms with Crippen molar-refractivity contribution in [1.82, 2.24) is 19.4 Å². The minimum Gasteiger partial charge on any atom is -0.465 e. The molecular weight excluding hydrogens is 610 g/mol. The normalized spacial score (nSPS) is 26.9. The maximum Gasteiger partial charge on any atom is 0.337 e. The molecule has 228 valence electrons. The van der Waals surface area contributed by atoms with E-state index in [-0.39, 0.29) is 29.7 Å². The molecule has 44 heavy (non-hydrogen) atoms. The molecule has 2 aromatic carbocycles. The third-order valence-electron chi connectivity index (χ3n) is 9.36. The second-order valence-electron chi connectivity index (χ2n) is 12.1. The van der Waals surface area contributed by atoms with Crippen LogP contribution in [0.2, 0.25) is 10.0 Å². The molecule has 9 nitrogen and oxygen atoms in total. The lowest BCUT2D eigenvalue weighted by Gasteiger charge is -2.28. The molecule has 5 heterocycles. The van der Waals surface area contributed by atoms with Gasteiger partial charge in [0.25, 0.3) is 5.79 Å². The number of rotatable bonds is 7. The molecular formula is C32H29Cl2FN4O5. The van der Waals surface area contributed by atoms with E-state index in [1.165, 1.54) is 13.2 Å². The van der Waals surface area contributed by atoms with Crippen molar-refractivity contribution >= 4 is 40.2 Å². The summed E-state index contributed by atoms with van der Waals surface area (Å²) in [5, 5.41) is 0.911. The van der Waals surface area contributed by atoms with Crippen LogP contribution in [0.5, 0.6) is 11.5 Å². The van der Waals surface area contributed by atoms with Gasteiger partial charge < -0.3 is 23.5 Å². The quantitative estimate of drug-likeness (QED) is 0.230. The summed E-state index contributed by atoms with van der Waals surface area (Å²) in [6, 6.07) is 9.94. The number of benzene rings is 2. The van der Waals surface area contributed by atoms with Crippen molar-refractivity contribution in [2.75, 3.05) is 26.8 Å². The number of hydrogen-bond donors (Lipinski definition) is 0. The number of hydrogen-bond acceptors (Lipinski definition) is 8. The zero-order chi connectivity index (χ0) is 30.3. The molecule has 0 radical (unpaired) electrons. The van der Waals surface area contributed by atoms with E-state index in [0.717, 1.165) is 37.5 Å². The van der Waals surface area contributed by atoms with Crippen molar-refractivity contribution in [1.29, 1.82) is 0 Å². The molecule has 4 aromatic rings. The molecule has 1 saturated carbocycles. The highest BCUT2D eigenvalue weighted by Crippen LogP contribution is 2.63. The Balaban J connectivity index is 1.03. The molecule has 5 atom stereocenters. The molecule has 4 aliphatic rings. The molecule has 8 rings (SSSR count). The Morgan fingerprint density at radius 1 is 1.16 bits per heavy atom. The molecule has 0 amide bonds. The number of likely N-dealkylation sites (tertiary alicyclic amines) is 1. The second-order valence-corrected chi connectivity index (χ2v) is 12.9. The standard InChI is InChI=1S/C32H29Cl2FN4O5/c1-32(25-6-3-17(33)11-36-25)43-24-5-4-22(35)28(30(24)44-32)27-19-13-38(14-20(19)27)15-26-37-29-21(34)9-16(31(40)41-2)10-23(29)39(26)12-18-7-8-42-18/h3-6,9-11,18-20,27H,7-8,12-15H2,1-2H3/t18-,19-,20+,27?,32?/m0/s1. The van der Waals surface area contributed by atoms with Crippen molar-refractivity contribution in [3.8, 4) is 11.5 Å². The summed E-state index contributed by atoms with van der Waals surface area (Å²) in [6.07, 6.45) is 2.59. The van der Waals surface area contributed by atoms with Crippen LogP contribution in [0.15, 0.2) is 42.6 Å². The van der Waals surface area contributed by atoms with Crippen LogP contribution in [0, 0.1) is 17.7 Å². The van der Waals surface area contributed by atoms with Crippen LogP contribution in [0.4, 0.5) is 4.39 Å². The van der Waals surface area contributed by atoms with Crippen LogP contribution in [0.25, 0.3) is 11.0 Å². The van der Waals surface area contributed by atoms with Crippen molar-refractivity contribution in [2.45, 2.75) is 44.2 Å². The average molecular weight is 640 g/mol. The smallest absolute Gasteiger partial charge is 0.337 e. The predicted molar refractivity (Wildman–Crippen MR) is 160 cm³/mol. The highest BCUT2D eigenvalue weighted by atomic mass is 35.5. The van der Waals surface area contributed by atoms with Gasteiger partial charge in [-0.2, -0.15) is 0 Å². The number of carbonyl (C=O) groups is 1. The molecule has 2 unspecified atom stereocenters. The summed E-state index contributed by atoms with van der Waals surface area (Å²) in [5.41, 5.74) is 2.94. The van der Waals surface area contributed by atoms with E-state index >= 15 is 4.39 Å². The van der Waals surface area contributed by atoms with Gasteiger partial charge in [-0.1, -0.05) is 23.2 Å². The molecule has 3 fully saturated rings. The number of pyridine rings is 1. The Bertz CT molecular complexity index is 1800. The van der Waals surface area contributed by atoms with Gasteiger partial charge in [-0.05, 0) is 60.6 Å². The molecule has 2 aromatic heterocycles. The molecule has 1 aliphatic carbocycles. The Morgan fingerprint density at radius 2 is 1.95 bits per heavy atom. The summed E-state index contributed by atoms with van der Waals surface area (Å²) < 4.78 is 40.7. The minimum absolute atomic E-state index is 0.0320. The number of methoxy groups -OCH3 is 1. The largest absolute Gasteiger partial charge is 0.465 e. The van der Waals surface area contributed by atoms with E-state index in [0.29, 0.717) is 57.0 Å². The van der Waals surface area contributed by atoms with Crippen LogP contribution in [0.3, 0.4) is 0 Å². The van der Waals surface area contributed by atoms with Gasteiger partial charge in [0.15, 0.2) is 11.5 Å². The maximum atomic E-state index is 15.4. The monoisotopic (exact) mass is 638 g/mol. The first-order valence-electron chi connectivity index (χ1n) is 14.7. The number of aromatic nitrogens is 3. The molecule has 0 N–H and O–H groups in total.